The maximum absolute atomic E-state index is 4.57. The van der Waals surface area contributed by atoms with Crippen molar-refractivity contribution in [3.8, 4) is 0 Å². The molecule has 2 aliphatic rings. The van der Waals surface area contributed by atoms with E-state index < -0.39 is 0 Å². The molecule has 0 amide bonds. The number of hydrogen-bond acceptors (Lipinski definition) is 5. The largest absolute Gasteiger partial charge is 0.381 e. The first kappa shape index (κ1) is 19.2. The molecule has 4 rings (SSSR count). The standard InChI is InChI=1S/C23H33N5/c1-26-13-15-28(16-14-26)23-7-5-20(6-8-23)18-25-21-9-10-24-22(17-21)19-27-11-3-2-4-12-27/h5-10,17H,2-4,11-16,18-19H2,1H3,(H,24,25). The lowest BCUT2D eigenvalue weighted by Gasteiger charge is -2.34. The Bertz CT molecular complexity index is 731. The molecule has 5 heteroatoms. The summed E-state index contributed by atoms with van der Waals surface area (Å²) in [6.45, 7) is 8.75. The van der Waals surface area contributed by atoms with E-state index in [9.17, 15) is 0 Å². The van der Waals surface area contributed by atoms with Gasteiger partial charge in [0.25, 0.3) is 0 Å². The Hall–Kier alpha value is -2.11. The zero-order valence-corrected chi connectivity index (χ0v) is 17.1. The summed E-state index contributed by atoms with van der Waals surface area (Å²) in [7, 11) is 2.20. The van der Waals surface area contributed by atoms with Crippen molar-refractivity contribution in [1.82, 2.24) is 14.8 Å². The van der Waals surface area contributed by atoms with Crippen molar-refractivity contribution in [3.63, 3.8) is 0 Å². The molecule has 5 nitrogen and oxygen atoms in total. The van der Waals surface area contributed by atoms with Crippen molar-refractivity contribution in [3.05, 3.63) is 53.9 Å². The van der Waals surface area contributed by atoms with Gasteiger partial charge in [0.05, 0.1) is 5.69 Å². The molecule has 2 aliphatic heterocycles. The number of benzene rings is 1. The van der Waals surface area contributed by atoms with Gasteiger partial charge in [0.2, 0.25) is 0 Å². The second-order valence-electron chi connectivity index (χ2n) is 8.18. The summed E-state index contributed by atoms with van der Waals surface area (Å²) in [6, 6.07) is 13.3. The third-order valence-electron chi connectivity index (χ3n) is 5.95. The molecule has 0 unspecified atom stereocenters. The number of rotatable bonds is 6. The molecule has 2 aromatic rings. The molecule has 0 atom stereocenters. The summed E-state index contributed by atoms with van der Waals surface area (Å²) in [6.07, 6.45) is 5.95. The van der Waals surface area contributed by atoms with Crippen molar-refractivity contribution < 1.29 is 0 Å². The third kappa shape index (κ3) is 5.24. The van der Waals surface area contributed by atoms with E-state index in [-0.39, 0.29) is 0 Å². The maximum atomic E-state index is 4.57. The zero-order chi connectivity index (χ0) is 19.2. The van der Waals surface area contributed by atoms with E-state index in [1.807, 2.05) is 6.20 Å². The van der Waals surface area contributed by atoms with Crippen molar-refractivity contribution in [2.24, 2.45) is 0 Å². The molecule has 2 fully saturated rings. The van der Waals surface area contributed by atoms with Crippen LogP contribution in [0.15, 0.2) is 42.6 Å². The van der Waals surface area contributed by atoms with Gasteiger partial charge < -0.3 is 15.1 Å². The van der Waals surface area contributed by atoms with Crippen molar-refractivity contribution in [1.29, 1.82) is 0 Å². The van der Waals surface area contributed by atoms with Crippen LogP contribution >= 0.6 is 0 Å². The van der Waals surface area contributed by atoms with Crippen molar-refractivity contribution >= 4 is 11.4 Å². The second kappa shape index (κ2) is 9.39. The molecule has 0 saturated carbocycles. The Labute approximate surface area is 169 Å². The fourth-order valence-corrected chi connectivity index (χ4v) is 4.11. The van der Waals surface area contributed by atoms with Gasteiger partial charge in [0.1, 0.15) is 0 Å². The predicted octanol–water partition coefficient (Wildman–Crippen LogP) is 3.43. The first-order valence-electron chi connectivity index (χ1n) is 10.7. The van der Waals surface area contributed by atoms with E-state index in [1.54, 1.807) is 0 Å². The van der Waals surface area contributed by atoms with E-state index in [1.165, 1.54) is 43.6 Å². The lowest BCUT2D eigenvalue weighted by Crippen LogP contribution is -2.44. The first-order chi connectivity index (χ1) is 13.8. The lowest BCUT2D eigenvalue weighted by atomic mass is 10.1. The van der Waals surface area contributed by atoms with Crippen molar-refractivity contribution in [2.75, 3.05) is 56.5 Å². The summed E-state index contributed by atoms with van der Waals surface area (Å²) in [5, 5.41) is 3.56. The molecule has 3 heterocycles. The number of anilines is 2. The van der Waals surface area contributed by atoms with Gasteiger partial charge in [-0.2, -0.15) is 0 Å². The van der Waals surface area contributed by atoms with E-state index in [0.29, 0.717) is 0 Å². The molecule has 0 spiro atoms. The molecular weight excluding hydrogens is 346 g/mol. The molecule has 1 aromatic heterocycles. The minimum atomic E-state index is 0.843. The SMILES string of the molecule is CN1CCN(c2ccc(CNc3ccnc(CN4CCCCC4)c3)cc2)CC1. The Morgan fingerprint density at radius 3 is 2.39 bits per heavy atom. The minimum Gasteiger partial charge on any atom is -0.381 e. The van der Waals surface area contributed by atoms with Gasteiger partial charge in [-0.05, 0) is 62.8 Å². The van der Waals surface area contributed by atoms with Crippen LogP contribution in [0, 0.1) is 0 Å². The lowest BCUT2D eigenvalue weighted by molar-refractivity contribution is 0.218. The minimum absolute atomic E-state index is 0.843. The van der Waals surface area contributed by atoms with Gasteiger partial charge >= 0.3 is 0 Å². The number of hydrogen-bond donors (Lipinski definition) is 1. The van der Waals surface area contributed by atoms with Crippen molar-refractivity contribution in [2.45, 2.75) is 32.4 Å². The summed E-state index contributed by atoms with van der Waals surface area (Å²) in [5.74, 6) is 0. The molecule has 28 heavy (non-hydrogen) atoms. The first-order valence-corrected chi connectivity index (χ1v) is 10.7. The number of likely N-dealkylation sites (tertiary alicyclic amines) is 1. The van der Waals surface area contributed by atoms with Crippen LogP contribution in [-0.4, -0.2) is 61.1 Å². The van der Waals surface area contributed by atoms with Crippen LogP contribution in [-0.2, 0) is 13.1 Å². The molecule has 150 valence electrons. The highest BCUT2D eigenvalue weighted by Crippen LogP contribution is 2.19. The molecule has 0 bridgehead atoms. The fourth-order valence-electron chi connectivity index (χ4n) is 4.11. The highest BCUT2D eigenvalue weighted by Gasteiger charge is 2.14. The molecule has 0 radical (unpaired) electrons. The van der Waals surface area contributed by atoms with Gasteiger partial charge in [-0.15, -0.1) is 0 Å². The number of nitrogens with one attached hydrogen (secondary N) is 1. The van der Waals surface area contributed by atoms with Gasteiger partial charge in [-0.3, -0.25) is 9.88 Å². The summed E-state index contributed by atoms with van der Waals surface area (Å²) in [4.78, 5) is 12.0. The summed E-state index contributed by atoms with van der Waals surface area (Å²) < 4.78 is 0. The van der Waals surface area contributed by atoms with Crippen LogP contribution in [0.2, 0.25) is 0 Å². The zero-order valence-electron chi connectivity index (χ0n) is 17.1. The van der Waals surface area contributed by atoms with Gasteiger partial charge in [0.15, 0.2) is 0 Å². The Balaban J connectivity index is 1.29. The quantitative estimate of drug-likeness (QED) is 0.832. The average Bonchev–Trinajstić information content (AvgIpc) is 2.74. The molecule has 0 aliphatic carbocycles. The van der Waals surface area contributed by atoms with E-state index in [2.05, 4.69) is 68.4 Å². The number of nitrogens with zero attached hydrogens (tertiary/aromatic N) is 4. The van der Waals surface area contributed by atoms with Gasteiger partial charge in [0, 0.05) is 56.8 Å². The van der Waals surface area contributed by atoms with Crippen LogP contribution < -0.4 is 10.2 Å². The number of aromatic nitrogens is 1. The molecule has 1 N–H and O–H groups in total. The smallest absolute Gasteiger partial charge is 0.0564 e. The number of likely N-dealkylation sites (N-methyl/N-ethyl adjacent to an activating group) is 1. The highest BCUT2D eigenvalue weighted by molar-refractivity contribution is 5.49. The van der Waals surface area contributed by atoms with Crippen LogP contribution in [0.4, 0.5) is 11.4 Å². The van der Waals surface area contributed by atoms with Gasteiger partial charge in [-0.1, -0.05) is 18.6 Å². The number of piperidine rings is 1. The topological polar surface area (TPSA) is 34.6 Å². The van der Waals surface area contributed by atoms with Crippen LogP contribution in [0.25, 0.3) is 0 Å². The molecule has 2 saturated heterocycles. The fraction of sp³-hybridized carbons (Fsp3) is 0.522. The summed E-state index contributed by atoms with van der Waals surface area (Å²) >= 11 is 0. The van der Waals surface area contributed by atoms with E-state index in [0.717, 1.165) is 50.6 Å². The van der Waals surface area contributed by atoms with Gasteiger partial charge in [-0.25, -0.2) is 0 Å². The molecule has 1 aromatic carbocycles. The normalized spacial score (nSPS) is 19.0. The summed E-state index contributed by atoms with van der Waals surface area (Å²) in [5.41, 5.74) is 4.97. The van der Waals surface area contributed by atoms with E-state index in [4.69, 9.17) is 0 Å². The monoisotopic (exact) mass is 379 g/mol. The Morgan fingerprint density at radius 1 is 0.893 bits per heavy atom. The maximum Gasteiger partial charge on any atom is 0.0564 e. The second-order valence-corrected chi connectivity index (χ2v) is 8.18. The van der Waals surface area contributed by atoms with Crippen LogP contribution in [0.5, 0.6) is 0 Å². The highest BCUT2D eigenvalue weighted by atomic mass is 15.2. The number of pyridine rings is 1. The van der Waals surface area contributed by atoms with Crippen LogP contribution in [0.1, 0.15) is 30.5 Å². The third-order valence-corrected chi connectivity index (χ3v) is 5.95. The van der Waals surface area contributed by atoms with E-state index >= 15 is 0 Å². The molecular formula is C23H33N5. The number of piperazine rings is 1. The average molecular weight is 380 g/mol. The predicted molar refractivity (Wildman–Crippen MR) is 117 cm³/mol. The van der Waals surface area contributed by atoms with Crippen LogP contribution in [0.3, 0.4) is 0 Å². The Morgan fingerprint density at radius 2 is 1.64 bits per heavy atom. The Kier molecular flexibility index (Phi) is 6.45.